The summed E-state index contributed by atoms with van der Waals surface area (Å²) in [6.45, 7) is 5.48. The SMILES string of the molecule is CC(C)CN(C)C(=O)NCc1ccccc1OCCO. The van der Waals surface area contributed by atoms with Crippen molar-refractivity contribution in [1.82, 2.24) is 10.2 Å². The minimum atomic E-state index is -0.101. The third-order valence-corrected chi connectivity index (χ3v) is 2.74. The second-order valence-corrected chi connectivity index (χ2v) is 5.11. The van der Waals surface area contributed by atoms with Gasteiger partial charge in [-0.25, -0.2) is 4.79 Å². The van der Waals surface area contributed by atoms with Gasteiger partial charge in [0.25, 0.3) is 0 Å². The third kappa shape index (κ3) is 5.48. The number of benzene rings is 1. The van der Waals surface area contributed by atoms with Gasteiger partial charge in [-0.2, -0.15) is 0 Å². The molecule has 0 saturated heterocycles. The smallest absolute Gasteiger partial charge is 0.317 e. The van der Waals surface area contributed by atoms with Crippen LogP contribution in [0.4, 0.5) is 4.79 Å². The van der Waals surface area contributed by atoms with Crippen LogP contribution in [-0.4, -0.2) is 42.8 Å². The second kappa shape index (κ2) is 8.43. The fourth-order valence-electron chi connectivity index (χ4n) is 1.88. The number of nitrogens with one attached hydrogen (secondary N) is 1. The fraction of sp³-hybridized carbons (Fsp3) is 0.533. The molecule has 0 aromatic heterocycles. The molecule has 112 valence electrons. The van der Waals surface area contributed by atoms with Crippen molar-refractivity contribution < 1.29 is 14.6 Å². The Morgan fingerprint density at radius 3 is 2.75 bits per heavy atom. The average molecular weight is 280 g/mol. The molecule has 0 aliphatic heterocycles. The highest BCUT2D eigenvalue weighted by atomic mass is 16.5. The second-order valence-electron chi connectivity index (χ2n) is 5.11. The van der Waals surface area contributed by atoms with Crippen LogP contribution >= 0.6 is 0 Å². The van der Waals surface area contributed by atoms with Gasteiger partial charge in [-0.15, -0.1) is 0 Å². The Balaban J connectivity index is 2.54. The van der Waals surface area contributed by atoms with Crippen LogP contribution in [-0.2, 0) is 6.54 Å². The summed E-state index contributed by atoms with van der Waals surface area (Å²) in [7, 11) is 1.78. The molecular weight excluding hydrogens is 256 g/mol. The van der Waals surface area contributed by atoms with Gasteiger partial charge in [-0.1, -0.05) is 32.0 Å². The van der Waals surface area contributed by atoms with E-state index in [2.05, 4.69) is 19.2 Å². The first-order valence-electron chi connectivity index (χ1n) is 6.85. The molecule has 0 atom stereocenters. The first-order chi connectivity index (χ1) is 9.54. The van der Waals surface area contributed by atoms with Crippen LogP contribution in [0.15, 0.2) is 24.3 Å². The van der Waals surface area contributed by atoms with E-state index in [1.54, 1.807) is 11.9 Å². The largest absolute Gasteiger partial charge is 0.491 e. The lowest BCUT2D eigenvalue weighted by Gasteiger charge is -2.20. The average Bonchev–Trinajstić information content (AvgIpc) is 2.42. The fourth-order valence-corrected chi connectivity index (χ4v) is 1.88. The third-order valence-electron chi connectivity index (χ3n) is 2.74. The van der Waals surface area contributed by atoms with Gasteiger partial charge in [0.15, 0.2) is 0 Å². The molecule has 0 heterocycles. The van der Waals surface area contributed by atoms with Crippen molar-refractivity contribution in [1.29, 1.82) is 0 Å². The number of urea groups is 1. The summed E-state index contributed by atoms with van der Waals surface area (Å²) in [4.78, 5) is 13.6. The molecule has 5 heteroatoms. The van der Waals surface area contributed by atoms with E-state index in [4.69, 9.17) is 9.84 Å². The highest BCUT2D eigenvalue weighted by Gasteiger charge is 2.10. The van der Waals surface area contributed by atoms with Crippen LogP contribution in [0.3, 0.4) is 0 Å². The summed E-state index contributed by atoms with van der Waals surface area (Å²) in [6, 6.07) is 7.38. The number of carbonyl (C=O) groups is 1. The Morgan fingerprint density at radius 1 is 1.40 bits per heavy atom. The van der Waals surface area contributed by atoms with Crippen LogP contribution in [0.25, 0.3) is 0 Å². The highest BCUT2D eigenvalue weighted by molar-refractivity contribution is 5.73. The number of hydrogen-bond donors (Lipinski definition) is 2. The quantitative estimate of drug-likeness (QED) is 0.801. The number of carbonyl (C=O) groups excluding carboxylic acids is 1. The molecule has 0 fully saturated rings. The predicted molar refractivity (Wildman–Crippen MR) is 78.7 cm³/mol. The molecule has 2 N–H and O–H groups in total. The first-order valence-corrected chi connectivity index (χ1v) is 6.85. The maximum atomic E-state index is 11.9. The van der Waals surface area contributed by atoms with Crippen molar-refractivity contribution in [3.05, 3.63) is 29.8 Å². The molecular formula is C15H24N2O3. The van der Waals surface area contributed by atoms with Crippen LogP contribution in [0.2, 0.25) is 0 Å². The maximum absolute atomic E-state index is 11.9. The summed E-state index contributed by atoms with van der Waals surface area (Å²) >= 11 is 0. The summed E-state index contributed by atoms with van der Waals surface area (Å²) in [5.74, 6) is 1.12. The van der Waals surface area contributed by atoms with E-state index in [0.717, 1.165) is 5.56 Å². The molecule has 5 nitrogen and oxygen atoms in total. The Kier molecular flexibility index (Phi) is 6.87. The minimum absolute atomic E-state index is 0.0299. The summed E-state index contributed by atoms with van der Waals surface area (Å²) in [6.07, 6.45) is 0. The molecule has 1 rings (SSSR count). The van der Waals surface area contributed by atoms with Gasteiger partial charge < -0.3 is 20.1 Å². The first kappa shape index (κ1) is 16.3. The normalized spacial score (nSPS) is 10.4. The van der Waals surface area contributed by atoms with Crippen molar-refractivity contribution in [3.63, 3.8) is 0 Å². The van der Waals surface area contributed by atoms with Crippen molar-refractivity contribution in [2.24, 2.45) is 5.92 Å². The van der Waals surface area contributed by atoms with Crippen molar-refractivity contribution >= 4 is 6.03 Å². The number of nitrogens with zero attached hydrogens (tertiary/aromatic N) is 1. The molecule has 0 spiro atoms. The molecule has 0 radical (unpaired) electrons. The zero-order valence-electron chi connectivity index (χ0n) is 12.4. The molecule has 0 aliphatic carbocycles. The molecule has 0 aliphatic rings. The zero-order valence-corrected chi connectivity index (χ0v) is 12.4. The maximum Gasteiger partial charge on any atom is 0.317 e. The number of hydrogen-bond acceptors (Lipinski definition) is 3. The Hall–Kier alpha value is -1.75. The van der Waals surface area contributed by atoms with E-state index in [0.29, 0.717) is 24.8 Å². The molecule has 1 aromatic rings. The van der Waals surface area contributed by atoms with E-state index in [-0.39, 0.29) is 19.2 Å². The van der Waals surface area contributed by atoms with Gasteiger partial charge >= 0.3 is 6.03 Å². The van der Waals surface area contributed by atoms with E-state index < -0.39 is 0 Å². The number of aliphatic hydroxyl groups is 1. The standard InChI is InChI=1S/C15H24N2O3/c1-12(2)11-17(3)15(19)16-10-13-6-4-5-7-14(13)20-9-8-18/h4-7,12,18H,8-11H2,1-3H3,(H,16,19). The molecule has 0 saturated carbocycles. The van der Waals surface area contributed by atoms with Gasteiger partial charge in [0.1, 0.15) is 12.4 Å². The van der Waals surface area contributed by atoms with Crippen LogP contribution in [0.1, 0.15) is 19.4 Å². The topological polar surface area (TPSA) is 61.8 Å². The molecule has 20 heavy (non-hydrogen) atoms. The lowest BCUT2D eigenvalue weighted by molar-refractivity contribution is 0.197. The summed E-state index contributed by atoms with van der Waals surface area (Å²) in [5.41, 5.74) is 0.896. The summed E-state index contributed by atoms with van der Waals surface area (Å²) in [5, 5.41) is 11.7. The Morgan fingerprint density at radius 2 is 2.10 bits per heavy atom. The van der Waals surface area contributed by atoms with Gasteiger partial charge in [0.2, 0.25) is 0 Å². The summed E-state index contributed by atoms with van der Waals surface area (Å²) < 4.78 is 5.43. The molecule has 0 unspecified atom stereocenters. The highest BCUT2D eigenvalue weighted by Crippen LogP contribution is 2.17. The lowest BCUT2D eigenvalue weighted by Crippen LogP contribution is -2.38. The van der Waals surface area contributed by atoms with E-state index in [9.17, 15) is 4.79 Å². The van der Waals surface area contributed by atoms with Crippen molar-refractivity contribution in [2.75, 3.05) is 26.8 Å². The number of para-hydroxylation sites is 1. The van der Waals surface area contributed by atoms with Gasteiger partial charge in [-0.05, 0) is 12.0 Å². The lowest BCUT2D eigenvalue weighted by atomic mass is 10.2. The Labute approximate surface area is 120 Å². The zero-order chi connectivity index (χ0) is 15.0. The number of rotatable bonds is 7. The number of ether oxygens (including phenoxy) is 1. The van der Waals surface area contributed by atoms with Crippen LogP contribution in [0, 0.1) is 5.92 Å². The molecule has 1 aromatic carbocycles. The molecule has 2 amide bonds. The number of amides is 2. The van der Waals surface area contributed by atoms with Crippen molar-refractivity contribution in [3.8, 4) is 5.75 Å². The minimum Gasteiger partial charge on any atom is -0.491 e. The predicted octanol–water partition coefficient (Wildman–Crippen LogP) is 1.86. The van der Waals surface area contributed by atoms with Gasteiger partial charge in [0.05, 0.1) is 6.61 Å². The van der Waals surface area contributed by atoms with E-state index in [1.165, 1.54) is 0 Å². The number of aliphatic hydroxyl groups excluding tert-OH is 1. The Bertz CT molecular complexity index is 421. The van der Waals surface area contributed by atoms with Crippen molar-refractivity contribution in [2.45, 2.75) is 20.4 Å². The molecule has 0 bridgehead atoms. The van der Waals surface area contributed by atoms with E-state index >= 15 is 0 Å². The van der Waals surface area contributed by atoms with E-state index in [1.807, 2.05) is 24.3 Å². The van der Waals surface area contributed by atoms with Gasteiger partial charge in [0, 0.05) is 25.7 Å². The monoisotopic (exact) mass is 280 g/mol. The van der Waals surface area contributed by atoms with Crippen LogP contribution < -0.4 is 10.1 Å². The van der Waals surface area contributed by atoms with Gasteiger partial charge in [-0.3, -0.25) is 0 Å². The van der Waals surface area contributed by atoms with Crippen LogP contribution in [0.5, 0.6) is 5.75 Å².